The molecule has 32 heavy (non-hydrogen) atoms. The van der Waals surface area contributed by atoms with Crippen LogP contribution in [0.5, 0.6) is 5.75 Å². The van der Waals surface area contributed by atoms with Crippen LogP contribution in [0.3, 0.4) is 0 Å². The minimum atomic E-state index is -0.542. The first-order valence-electron chi connectivity index (χ1n) is 11.2. The first-order valence-corrected chi connectivity index (χ1v) is 11.2. The van der Waals surface area contributed by atoms with Gasteiger partial charge in [0.1, 0.15) is 24.3 Å². The fourth-order valence-corrected chi connectivity index (χ4v) is 4.23. The molecule has 1 unspecified atom stereocenters. The smallest absolute Gasteiger partial charge is 0.258 e. The van der Waals surface area contributed by atoms with Crippen molar-refractivity contribution < 1.29 is 9.84 Å². The van der Waals surface area contributed by atoms with Crippen molar-refractivity contribution in [2.75, 3.05) is 39.3 Å². The van der Waals surface area contributed by atoms with Crippen molar-refractivity contribution in [3.05, 3.63) is 69.3 Å². The summed E-state index contributed by atoms with van der Waals surface area (Å²) in [6.45, 7) is 11.1. The van der Waals surface area contributed by atoms with Gasteiger partial charge in [0.05, 0.1) is 17.4 Å². The lowest BCUT2D eigenvalue weighted by Crippen LogP contribution is -2.49. The van der Waals surface area contributed by atoms with Crippen molar-refractivity contribution in [3.63, 3.8) is 0 Å². The molecule has 0 bridgehead atoms. The quantitative estimate of drug-likeness (QED) is 0.592. The van der Waals surface area contributed by atoms with E-state index in [0.29, 0.717) is 24.3 Å². The van der Waals surface area contributed by atoms with Crippen LogP contribution in [0, 0.1) is 20.8 Å². The molecule has 1 atom stereocenters. The number of H-pyrrole nitrogens is 1. The number of piperazine rings is 1. The van der Waals surface area contributed by atoms with Gasteiger partial charge in [-0.1, -0.05) is 24.3 Å². The fraction of sp³-hybridized carbons (Fsp3) is 0.440. The summed E-state index contributed by atoms with van der Waals surface area (Å²) in [7, 11) is 0. The normalized spacial score (nSPS) is 16.4. The highest BCUT2D eigenvalue weighted by Crippen LogP contribution is 2.25. The number of nitrogens with one attached hydrogen (secondary N) is 1. The van der Waals surface area contributed by atoms with Gasteiger partial charge in [-0.05, 0) is 49.6 Å². The zero-order chi connectivity index (χ0) is 22.7. The first kappa shape index (κ1) is 22.5. The Bertz CT molecular complexity index is 1140. The Balaban J connectivity index is 1.26. The summed E-state index contributed by atoms with van der Waals surface area (Å²) < 4.78 is 5.97. The third-order valence-electron chi connectivity index (χ3n) is 6.26. The van der Waals surface area contributed by atoms with Crippen LogP contribution in [-0.4, -0.2) is 70.3 Å². The molecule has 1 aliphatic rings. The highest BCUT2D eigenvalue weighted by molar-refractivity contribution is 5.77. The molecule has 4 rings (SSSR count). The van der Waals surface area contributed by atoms with E-state index in [4.69, 9.17) is 4.74 Å². The maximum Gasteiger partial charge on any atom is 0.258 e. The number of rotatable bonds is 7. The van der Waals surface area contributed by atoms with Crippen molar-refractivity contribution in [2.24, 2.45) is 0 Å². The molecular weight excluding hydrogens is 404 g/mol. The Hall–Kier alpha value is -2.74. The van der Waals surface area contributed by atoms with Gasteiger partial charge < -0.3 is 14.8 Å². The Kier molecular flexibility index (Phi) is 6.89. The maximum absolute atomic E-state index is 12.3. The van der Waals surface area contributed by atoms with Gasteiger partial charge in [-0.25, -0.2) is 4.98 Å². The number of fused-ring (bicyclic) bond motifs is 1. The Morgan fingerprint density at radius 2 is 1.72 bits per heavy atom. The van der Waals surface area contributed by atoms with Crippen molar-refractivity contribution >= 4 is 10.9 Å². The van der Waals surface area contributed by atoms with Crippen LogP contribution >= 0.6 is 0 Å². The van der Waals surface area contributed by atoms with Crippen molar-refractivity contribution in [1.29, 1.82) is 0 Å². The third kappa shape index (κ3) is 5.18. The van der Waals surface area contributed by atoms with Gasteiger partial charge in [-0.2, -0.15) is 0 Å². The molecule has 7 nitrogen and oxygen atoms in total. The van der Waals surface area contributed by atoms with Crippen LogP contribution in [0.25, 0.3) is 10.9 Å². The molecule has 0 spiro atoms. The monoisotopic (exact) mass is 436 g/mol. The Morgan fingerprint density at radius 1 is 1.03 bits per heavy atom. The number of aryl methyl sites for hydroxylation is 2. The van der Waals surface area contributed by atoms with Gasteiger partial charge in [0, 0.05) is 32.7 Å². The van der Waals surface area contributed by atoms with Gasteiger partial charge in [0.25, 0.3) is 5.56 Å². The topological polar surface area (TPSA) is 81.7 Å². The predicted molar refractivity (Wildman–Crippen MR) is 126 cm³/mol. The van der Waals surface area contributed by atoms with Gasteiger partial charge in [-0.15, -0.1) is 0 Å². The van der Waals surface area contributed by atoms with Crippen LogP contribution in [-0.2, 0) is 6.54 Å². The summed E-state index contributed by atoms with van der Waals surface area (Å²) in [6, 6.07) is 11.6. The van der Waals surface area contributed by atoms with E-state index in [0.717, 1.165) is 48.6 Å². The molecule has 7 heteroatoms. The number of aromatic nitrogens is 2. The highest BCUT2D eigenvalue weighted by atomic mass is 16.5. The second-order valence-electron chi connectivity index (χ2n) is 8.72. The molecule has 2 aromatic carbocycles. The lowest BCUT2D eigenvalue weighted by molar-refractivity contribution is 0.0438. The van der Waals surface area contributed by atoms with Crippen LogP contribution in [0.15, 0.2) is 41.2 Å². The Morgan fingerprint density at radius 3 is 2.50 bits per heavy atom. The second-order valence-corrected chi connectivity index (χ2v) is 8.72. The van der Waals surface area contributed by atoms with E-state index < -0.39 is 6.10 Å². The average Bonchev–Trinajstić information content (AvgIpc) is 2.78. The second kappa shape index (κ2) is 9.81. The van der Waals surface area contributed by atoms with Gasteiger partial charge in [0.15, 0.2) is 0 Å². The minimum Gasteiger partial charge on any atom is -0.490 e. The molecule has 1 aliphatic heterocycles. The minimum absolute atomic E-state index is 0.0913. The zero-order valence-electron chi connectivity index (χ0n) is 19.1. The molecule has 2 N–H and O–H groups in total. The zero-order valence-corrected chi connectivity index (χ0v) is 19.1. The average molecular weight is 437 g/mol. The van der Waals surface area contributed by atoms with Gasteiger partial charge in [0.2, 0.25) is 0 Å². The summed E-state index contributed by atoms with van der Waals surface area (Å²) in [5.74, 6) is 1.57. The largest absolute Gasteiger partial charge is 0.490 e. The lowest BCUT2D eigenvalue weighted by atomic mass is 10.1. The van der Waals surface area contributed by atoms with Crippen LogP contribution < -0.4 is 10.3 Å². The Labute approximate surface area is 188 Å². The molecule has 1 aromatic heterocycles. The number of aliphatic hydroxyl groups excluding tert-OH is 1. The molecule has 170 valence electrons. The SMILES string of the molecule is Cc1ccc(C)c(OCC(O)CN2CCN(Cc3nc4ccccc4c(=O)[nH]3)CC2)c1C. The molecular formula is C25H32N4O3. The third-order valence-corrected chi connectivity index (χ3v) is 6.26. The van der Waals surface area contributed by atoms with Gasteiger partial charge in [-0.3, -0.25) is 14.6 Å². The summed E-state index contributed by atoms with van der Waals surface area (Å²) in [6.07, 6.45) is -0.542. The number of aromatic amines is 1. The molecule has 0 aliphatic carbocycles. The van der Waals surface area contributed by atoms with E-state index in [1.165, 1.54) is 5.56 Å². The maximum atomic E-state index is 12.3. The number of β-amino-alcohol motifs (C(OH)–C–C–N with tert-alkyl or cyclic N) is 1. The fourth-order valence-electron chi connectivity index (χ4n) is 4.23. The first-order chi connectivity index (χ1) is 15.4. The summed E-state index contributed by atoms with van der Waals surface area (Å²) in [5, 5.41) is 11.1. The van der Waals surface area contributed by atoms with E-state index in [1.54, 1.807) is 6.07 Å². The van der Waals surface area contributed by atoms with Gasteiger partial charge >= 0.3 is 0 Å². The van der Waals surface area contributed by atoms with Crippen molar-refractivity contribution in [1.82, 2.24) is 19.8 Å². The summed E-state index contributed by atoms with van der Waals surface area (Å²) >= 11 is 0. The lowest BCUT2D eigenvalue weighted by Gasteiger charge is -2.35. The molecule has 2 heterocycles. The number of benzene rings is 2. The van der Waals surface area contributed by atoms with E-state index in [2.05, 4.69) is 45.7 Å². The molecule has 1 fully saturated rings. The number of para-hydroxylation sites is 1. The van der Waals surface area contributed by atoms with E-state index in [9.17, 15) is 9.90 Å². The van der Waals surface area contributed by atoms with Crippen molar-refractivity contribution in [2.45, 2.75) is 33.4 Å². The van der Waals surface area contributed by atoms with Crippen LogP contribution in [0.1, 0.15) is 22.5 Å². The predicted octanol–water partition coefficient (Wildman–Crippen LogP) is 2.41. The summed E-state index contributed by atoms with van der Waals surface area (Å²) in [5.41, 5.74) is 4.05. The highest BCUT2D eigenvalue weighted by Gasteiger charge is 2.21. The number of hydrogen-bond acceptors (Lipinski definition) is 6. The summed E-state index contributed by atoms with van der Waals surface area (Å²) in [4.78, 5) is 24.3. The molecule has 1 saturated heterocycles. The van der Waals surface area contributed by atoms with E-state index >= 15 is 0 Å². The number of nitrogens with zero attached hydrogens (tertiary/aromatic N) is 3. The number of aliphatic hydroxyl groups is 1. The van der Waals surface area contributed by atoms with Crippen LogP contribution in [0.2, 0.25) is 0 Å². The number of ether oxygens (including phenoxy) is 1. The molecule has 3 aromatic rings. The standard InChI is InChI=1S/C25H32N4O3/c1-17-8-9-18(2)24(19(17)3)32-16-20(30)14-28-10-12-29(13-11-28)15-23-26-22-7-5-4-6-21(22)25(31)27-23/h4-9,20,30H,10-16H2,1-3H3,(H,26,27,31). The van der Waals surface area contributed by atoms with Crippen LogP contribution in [0.4, 0.5) is 0 Å². The molecule has 0 amide bonds. The molecule has 0 saturated carbocycles. The number of hydrogen-bond donors (Lipinski definition) is 2. The van der Waals surface area contributed by atoms with E-state index in [-0.39, 0.29) is 12.2 Å². The van der Waals surface area contributed by atoms with Crippen molar-refractivity contribution in [3.8, 4) is 5.75 Å². The molecule has 0 radical (unpaired) electrons. The van der Waals surface area contributed by atoms with E-state index in [1.807, 2.05) is 25.1 Å².